The molecule has 146 valence electrons. The molecular weight excluding hydrogens is 378 g/mol. The Labute approximate surface area is 175 Å². The summed E-state index contributed by atoms with van der Waals surface area (Å²) >= 11 is 1.46. The Morgan fingerprint density at radius 1 is 0.931 bits per heavy atom. The van der Waals surface area contributed by atoms with Gasteiger partial charge in [-0.05, 0) is 29.7 Å². The maximum atomic E-state index is 12.4. The number of thioether (sulfide) groups is 1. The maximum absolute atomic E-state index is 12.4. The third kappa shape index (κ3) is 4.87. The number of carbonyl (C=O) groups excluding carboxylic acids is 1. The Bertz CT molecular complexity index is 1020. The van der Waals surface area contributed by atoms with Gasteiger partial charge in [0, 0.05) is 18.7 Å². The van der Waals surface area contributed by atoms with Crippen molar-refractivity contribution < 1.29 is 4.79 Å². The molecule has 0 saturated carbocycles. The van der Waals surface area contributed by atoms with E-state index in [0.717, 1.165) is 17.1 Å². The van der Waals surface area contributed by atoms with Crippen LogP contribution in [-0.2, 0) is 4.79 Å². The first-order chi connectivity index (χ1) is 14.3. The quantitative estimate of drug-likeness (QED) is 0.433. The summed E-state index contributed by atoms with van der Waals surface area (Å²) in [7, 11) is 0. The molecule has 0 radical (unpaired) electrons. The summed E-state index contributed by atoms with van der Waals surface area (Å²) in [5.41, 5.74) is 3.57. The number of fused-ring (bicyclic) bond motifs is 1. The van der Waals surface area contributed by atoms with Crippen LogP contribution < -0.4 is 5.32 Å². The third-order valence-electron chi connectivity index (χ3n) is 4.90. The minimum atomic E-state index is 0.0301. The number of imidazole rings is 1. The third-order valence-corrected chi connectivity index (χ3v) is 5.86. The molecule has 2 aromatic carbocycles. The van der Waals surface area contributed by atoms with Crippen LogP contribution in [0, 0.1) is 0 Å². The molecule has 2 aromatic heterocycles. The number of aromatic nitrogens is 2. The van der Waals surface area contributed by atoms with Crippen LogP contribution >= 0.6 is 11.8 Å². The highest BCUT2D eigenvalue weighted by atomic mass is 32.2. The highest BCUT2D eigenvalue weighted by Crippen LogP contribution is 2.27. The standard InChI is InChI=1S/C24H23N3OS/c28-23(18-29-24-26-17-21-13-7-8-16-27(21)24)25-15-14-22(19-9-3-1-4-10-19)20-11-5-2-6-12-20/h1-13,16-17,22H,14-15,18H2,(H,25,28). The minimum Gasteiger partial charge on any atom is -0.355 e. The molecule has 0 fully saturated rings. The smallest absolute Gasteiger partial charge is 0.230 e. The number of hydrogen-bond acceptors (Lipinski definition) is 3. The predicted molar refractivity (Wildman–Crippen MR) is 118 cm³/mol. The summed E-state index contributed by atoms with van der Waals surface area (Å²) in [6, 6.07) is 26.9. The average molecular weight is 402 g/mol. The second-order valence-electron chi connectivity index (χ2n) is 6.84. The van der Waals surface area contributed by atoms with E-state index in [9.17, 15) is 4.79 Å². The highest BCUT2D eigenvalue weighted by Gasteiger charge is 2.14. The van der Waals surface area contributed by atoms with Crippen molar-refractivity contribution in [3.05, 3.63) is 102 Å². The summed E-state index contributed by atoms with van der Waals surface area (Å²) in [6.45, 7) is 0.635. The van der Waals surface area contributed by atoms with Gasteiger partial charge in [0.05, 0.1) is 17.5 Å². The van der Waals surface area contributed by atoms with E-state index < -0.39 is 0 Å². The normalized spacial score (nSPS) is 11.1. The van der Waals surface area contributed by atoms with Crippen molar-refractivity contribution in [2.45, 2.75) is 17.5 Å². The molecule has 0 bridgehead atoms. The van der Waals surface area contributed by atoms with E-state index >= 15 is 0 Å². The zero-order chi connectivity index (χ0) is 19.9. The fourth-order valence-corrected chi connectivity index (χ4v) is 4.25. The van der Waals surface area contributed by atoms with E-state index in [0.29, 0.717) is 12.3 Å². The van der Waals surface area contributed by atoms with Crippen LogP contribution in [0.5, 0.6) is 0 Å². The molecular formula is C24H23N3OS. The number of nitrogens with zero attached hydrogens (tertiary/aromatic N) is 2. The summed E-state index contributed by atoms with van der Waals surface area (Å²) in [5, 5.41) is 3.90. The summed E-state index contributed by atoms with van der Waals surface area (Å²) in [6.07, 6.45) is 4.65. The minimum absolute atomic E-state index is 0.0301. The van der Waals surface area contributed by atoms with Gasteiger partial charge in [0.1, 0.15) is 0 Å². The lowest BCUT2D eigenvalue weighted by Crippen LogP contribution is -2.27. The molecule has 0 atom stereocenters. The number of benzene rings is 2. The molecule has 0 aliphatic carbocycles. The Morgan fingerprint density at radius 3 is 2.28 bits per heavy atom. The number of hydrogen-bond donors (Lipinski definition) is 1. The predicted octanol–water partition coefficient (Wildman–Crippen LogP) is 4.76. The van der Waals surface area contributed by atoms with Crippen molar-refractivity contribution in [2.24, 2.45) is 0 Å². The van der Waals surface area contributed by atoms with Crippen molar-refractivity contribution in [2.75, 3.05) is 12.3 Å². The van der Waals surface area contributed by atoms with Crippen molar-refractivity contribution in [3.8, 4) is 0 Å². The monoisotopic (exact) mass is 401 g/mol. The summed E-state index contributed by atoms with van der Waals surface area (Å²) in [4.78, 5) is 16.8. The van der Waals surface area contributed by atoms with Gasteiger partial charge in [-0.1, -0.05) is 78.5 Å². The molecule has 4 rings (SSSR count). The van der Waals surface area contributed by atoms with E-state index in [2.05, 4.69) is 58.8 Å². The van der Waals surface area contributed by atoms with Gasteiger partial charge in [-0.3, -0.25) is 9.20 Å². The fraction of sp³-hybridized carbons (Fsp3) is 0.167. The number of amides is 1. The molecule has 0 unspecified atom stereocenters. The van der Waals surface area contributed by atoms with Crippen molar-refractivity contribution in [1.29, 1.82) is 0 Å². The SMILES string of the molecule is O=C(CSc1ncc2ccccn12)NCCC(c1ccccc1)c1ccccc1. The number of rotatable bonds is 8. The van der Waals surface area contributed by atoms with Gasteiger partial charge in [-0.15, -0.1) is 0 Å². The molecule has 4 nitrogen and oxygen atoms in total. The Morgan fingerprint density at radius 2 is 1.59 bits per heavy atom. The number of carbonyl (C=O) groups is 1. The van der Waals surface area contributed by atoms with Gasteiger partial charge in [0.25, 0.3) is 0 Å². The molecule has 1 N–H and O–H groups in total. The number of pyridine rings is 1. The highest BCUT2D eigenvalue weighted by molar-refractivity contribution is 7.99. The molecule has 0 spiro atoms. The molecule has 1 amide bonds. The van der Waals surface area contributed by atoms with Crippen molar-refractivity contribution >= 4 is 23.2 Å². The van der Waals surface area contributed by atoms with Crippen LogP contribution in [0.4, 0.5) is 0 Å². The Hall–Kier alpha value is -3.05. The molecule has 5 heteroatoms. The molecule has 0 aliphatic rings. The lowest BCUT2D eigenvalue weighted by molar-refractivity contribution is -0.118. The zero-order valence-corrected chi connectivity index (χ0v) is 16.9. The van der Waals surface area contributed by atoms with Gasteiger partial charge in [-0.25, -0.2) is 4.98 Å². The van der Waals surface area contributed by atoms with Crippen LogP contribution in [0.1, 0.15) is 23.5 Å². The van der Waals surface area contributed by atoms with E-state index in [1.54, 1.807) is 0 Å². The molecule has 29 heavy (non-hydrogen) atoms. The average Bonchev–Trinajstić information content (AvgIpc) is 3.20. The largest absolute Gasteiger partial charge is 0.355 e. The van der Waals surface area contributed by atoms with Crippen LogP contribution in [0.25, 0.3) is 5.52 Å². The van der Waals surface area contributed by atoms with E-state index in [-0.39, 0.29) is 11.8 Å². The second-order valence-corrected chi connectivity index (χ2v) is 7.78. The Balaban J connectivity index is 1.33. The van der Waals surface area contributed by atoms with Crippen LogP contribution in [0.2, 0.25) is 0 Å². The van der Waals surface area contributed by atoms with E-state index in [1.165, 1.54) is 22.9 Å². The lowest BCUT2D eigenvalue weighted by atomic mass is 9.88. The Kier molecular flexibility index (Phi) is 6.27. The topological polar surface area (TPSA) is 46.4 Å². The zero-order valence-electron chi connectivity index (χ0n) is 16.1. The maximum Gasteiger partial charge on any atom is 0.230 e. The number of nitrogens with one attached hydrogen (secondary N) is 1. The van der Waals surface area contributed by atoms with E-state index in [4.69, 9.17) is 0 Å². The van der Waals surface area contributed by atoms with Gasteiger partial charge in [-0.2, -0.15) is 0 Å². The first-order valence-electron chi connectivity index (χ1n) is 9.73. The molecule has 0 saturated heterocycles. The second kappa shape index (κ2) is 9.43. The lowest BCUT2D eigenvalue weighted by Gasteiger charge is -2.18. The van der Waals surface area contributed by atoms with E-state index in [1.807, 2.05) is 47.1 Å². The van der Waals surface area contributed by atoms with Crippen LogP contribution in [-0.4, -0.2) is 27.6 Å². The van der Waals surface area contributed by atoms with Gasteiger partial charge >= 0.3 is 0 Å². The van der Waals surface area contributed by atoms with Crippen molar-refractivity contribution in [3.63, 3.8) is 0 Å². The molecule has 4 aromatic rings. The van der Waals surface area contributed by atoms with Gasteiger partial charge in [0.15, 0.2) is 5.16 Å². The van der Waals surface area contributed by atoms with Crippen molar-refractivity contribution in [1.82, 2.24) is 14.7 Å². The van der Waals surface area contributed by atoms with Crippen LogP contribution in [0.3, 0.4) is 0 Å². The summed E-state index contributed by atoms with van der Waals surface area (Å²) in [5.74, 6) is 0.652. The molecule has 0 aliphatic heterocycles. The van der Waals surface area contributed by atoms with Gasteiger partial charge < -0.3 is 5.32 Å². The summed E-state index contributed by atoms with van der Waals surface area (Å²) < 4.78 is 2.00. The van der Waals surface area contributed by atoms with Gasteiger partial charge in [0.2, 0.25) is 5.91 Å². The van der Waals surface area contributed by atoms with Crippen LogP contribution in [0.15, 0.2) is 96.4 Å². The first kappa shape index (κ1) is 19.3. The first-order valence-corrected chi connectivity index (χ1v) is 10.7. The fourth-order valence-electron chi connectivity index (χ4n) is 3.46. The molecule has 2 heterocycles.